The van der Waals surface area contributed by atoms with Gasteiger partial charge in [0.1, 0.15) is 5.78 Å². The molecule has 1 atom stereocenters. The van der Waals surface area contributed by atoms with Gasteiger partial charge in [-0.25, -0.2) is 0 Å². The molecule has 0 aliphatic carbocycles. The highest BCUT2D eigenvalue weighted by atomic mass is 16.1. The Bertz CT molecular complexity index is 151. The van der Waals surface area contributed by atoms with Crippen molar-refractivity contribution in [3.8, 4) is 12.3 Å². The number of Topliss-reactive ketones (excluding diaryl/α,β-unsaturated/α-hetero) is 1. The summed E-state index contributed by atoms with van der Waals surface area (Å²) < 4.78 is 0. The van der Waals surface area contributed by atoms with Crippen molar-refractivity contribution in [2.24, 2.45) is 11.8 Å². The normalized spacial score (nSPS) is 12.7. The third-order valence-corrected chi connectivity index (χ3v) is 1.53. The van der Waals surface area contributed by atoms with Gasteiger partial charge in [0.05, 0.1) is 0 Å². The summed E-state index contributed by atoms with van der Waals surface area (Å²) in [7, 11) is 0. The van der Waals surface area contributed by atoms with Crippen LogP contribution in [0.5, 0.6) is 0 Å². The molecule has 0 saturated heterocycles. The second kappa shape index (κ2) is 4.11. The van der Waals surface area contributed by atoms with Gasteiger partial charge in [-0.15, -0.1) is 12.3 Å². The Hall–Kier alpha value is -0.770. The summed E-state index contributed by atoms with van der Waals surface area (Å²) >= 11 is 0. The summed E-state index contributed by atoms with van der Waals surface area (Å²) in [5.41, 5.74) is 0. The largest absolute Gasteiger partial charge is 0.300 e. The molecule has 0 amide bonds. The van der Waals surface area contributed by atoms with Crippen LogP contribution in [0.15, 0.2) is 0 Å². The Morgan fingerprint density at radius 2 is 2.10 bits per heavy atom. The quantitative estimate of drug-likeness (QED) is 0.544. The molecule has 0 aromatic carbocycles. The molecule has 1 unspecified atom stereocenters. The monoisotopic (exact) mass is 138 g/mol. The smallest absolute Gasteiger partial charge is 0.131 e. The summed E-state index contributed by atoms with van der Waals surface area (Å²) in [4.78, 5) is 10.6. The van der Waals surface area contributed by atoms with Crippen molar-refractivity contribution in [3.63, 3.8) is 0 Å². The van der Waals surface area contributed by atoms with Gasteiger partial charge in [-0.2, -0.15) is 0 Å². The van der Waals surface area contributed by atoms with E-state index in [0.717, 1.165) is 0 Å². The molecule has 0 aliphatic heterocycles. The molecule has 1 nitrogen and oxygen atoms in total. The van der Waals surface area contributed by atoms with Crippen molar-refractivity contribution in [3.05, 3.63) is 0 Å². The predicted molar refractivity (Wildman–Crippen MR) is 42.5 cm³/mol. The number of rotatable bonds is 3. The molecule has 10 heavy (non-hydrogen) atoms. The number of carbonyl (C=O) groups excluding carboxylic acids is 1. The van der Waals surface area contributed by atoms with Crippen LogP contribution < -0.4 is 0 Å². The Morgan fingerprint density at radius 1 is 1.60 bits per heavy atom. The van der Waals surface area contributed by atoms with E-state index in [0.29, 0.717) is 12.3 Å². The first-order valence-corrected chi connectivity index (χ1v) is 3.53. The maximum absolute atomic E-state index is 10.6. The zero-order valence-electron chi connectivity index (χ0n) is 6.85. The predicted octanol–water partition coefficient (Wildman–Crippen LogP) is 1.87. The van der Waals surface area contributed by atoms with Gasteiger partial charge in [-0.05, 0) is 12.8 Å². The highest BCUT2D eigenvalue weighted by molar-refractivity contribution is 5.76. The van der Waals surface area contributed by atoms with Gasteiger partial charge in [-0.1, -0.05) is 13.8 Å². The lowest BCUT2D eigenvalue weighted by Gasteiger charge is -2.11. The highest BCUT2D eigenvalue weighted by Crippen LogP contribution is 2.13. The van der Waals surface area contributed by atoms with Crippen LogP contribution >= 0.6 is 0 Å². The molecule has 0 heterocycles. The molecule has 56 valence electrons. The number of hydrogen-bond acceptors (Lipinski definition) is 1. The van der Waals surface area contributed by atoms with E-state index in [1.165, 1.54) is 0 Å². The molecular weight excluding hydrogens is 124 g/mol. The average Bonchev–Trinajstić information content (AvgIpc) is 1.81. The lowest BCUT2D eigenvalue weighted by molar-refractivity contribution is -0.117. The van der Waals surface area contributed by atoms with Crippen LogP contribution in [-0.4, -0.2) is 5.78 Å². The maximum Gasteiger partial charge on any atom is 0.131 e. The van der Waals surface area contributed by atoms with E-state index in [1.54, 1.807) is 6.92 Å². The second-order valence-corrected chi connectivity index (χ2v) is 2.92. The number of terminal acetylenes is 1. The molecule has 0 aliphatic rings. The topological polar surface area (TPSA) is 17.1 Å². The minimum Gasteiger partial charge on any atom is -0.300 e. The van der Waals surface area contributed by atoms with Crippen molar-refractivity contribution in [2.75, 3.05) is 0 Å². The first kappa shape index (κ1) is 9.23. The lowest BCUT2D eigenvalue weighted by Crippen LogP contribution is -2.09. The number of hydrogen-bond donors (Lipinski definition) is 0. The fourth-order valence-corrected chi connectivity index (χ4v) is 0.797. The van der Waals surface area contributed by atoms with Gasteiger partial charge in [0.2, 0.25) is 0 Å². The lowest BCUT2D eigenvalue weighted by atomic mass is 9.92. The molecule has 0 N–H and O–H groups in total. The Morgan fingerprint density at radius 3 is 2.20 bits per heavy atom. The molecule has 0 rings (SSSR count). The SMILES string of the molecule is C#CC(CC(C)=O)C(C)C. The summed E-state index contributed by atoms with van der Waals surface area (Å²) in [6.07, 6.45) is 5.74. The Kier molecular flexibility index (Phi) is 3.79. The van der Waals surface area contributed by atoms with Crippen LogP contribution in [-0.2, 0) is 4.79 Å². The molecule has 0 saturated carbocycles. The van der Waals surface area contributed by atoms with Gasteiger partial charge in [0.25, 0.3) is 0 Å². The van der Waals surface area contributed by atoms with E-state index in [1.807, 2.05) is 13.8 Å². The van der Waals surface area contributed by atoms with Crippen molar-refractivity contribution in [1.82, 2.24) is 0 Å². The molecule has 1 heteroatoms. The van der Waals surface area contributed by atoms with Crippen LogP contribution in [0.2, 0.25) is 0 Å². The summed E-state index contributed by atoms with van der Waals surface area (Å²) in [6.45, 7) is 5.65. The van der Waals surface area contributed by atoms with Gasteiger partial charge in [-0.3, -0.25) is 4.79 Å². The standard InChI is InChI=1S/C9H14O/c1-5-9(7(2)3)6-8(4)10/h1,7,9H,6H2,2-4H3. The molecule has 0 fully saturated rings. The van der Waals surface area contributed by atoms with Crippen molar-refractivity contribution < 1.29 is 4.79 Å². The zero-order valence-corrected chi connectivity index (χ0v) is 6.85. The summed E-state index contributed by atoms with van der Waals surface area (Å²) in [5, 5.41) is 0. The molecule has 0 bridgehead atoms. The molecule has 0 aromatic rings. The van der Waals surface area contributed by atoms with Gasteiger partial charge < -0.3 is 0 Å². The number of carbonyl (C=O) groups is 1. The highest BCUT2D eigenvalue weighted by Gasteiger charge is 2.11. The van der Waals surface area contributed by atoms with Crippen LogP contribution in [0.3, 0.4) is 0 Å². The van der Waals surface area contributed by atoms with Crippen LogP contribution in [0, 0.1) is 24.2 Å². The van der Waals surface area contributed by atoms with E-state index >= 15 is 0 Å². The van der Waals surface area contributed by atoms with Crippen molar-refractivity contribution >= 4 is 5.78 Å². The van der Waals surface area contributed by atoms with E-state index in [2.05, 4.69) is 5.92 Å². The maximum atomic E-state index is 10.6. The first-order valence-electron chi connectivity index (χ1n) is 3.53. The number of ketones is 1. The van der Waals surface area contributed by atoms with Gasteiger partial charge in [0, 0.05) is 12.3 Å². The zero-order chi connectivity index (χ0) is 8.15. The average molecular weight is 138 g/mol. The molecule has 0 radical (unpaired) electrons. The minimum absolute atomic E-state index is 0.123. The van der Waals surface area contributed by atoms with E-state index in [-0.39, 0.29) is 11.7 Å². The van der Waals surface area contributed by atoms with Gasteiger partial charge >= 0.3 is 0 Å². The van der Waals surface area contributed by atoms with E-state index in [4.69, 9.17) is 6.42 Å². The Labute approximate surface area is 62.8 Å². The minimum atomic E-state index is 0.123. The van der Waals surface area contributed by atoms with Crippen LogP contribution in [0.1, 0.15) is 27.2 Å². The summed E-state index contributed by atoms with van der Waals surface area (Å²) in [6, 6.07) is 0. The van der Waals surface area contributed by atoms with E-state index < -0.39 is 0 Å². The fraction of sp³-hybridized carbons (Fsp3) is 0.667. The summed E-state index contributed by atoms with van der Waals surface area (Å²) in [5.74, 6) is 3.32. The Balaban J connectivity index is 3.87. The van der Waals surface area contributed by atoms with Gasteiger partial charge in [0.15, 0.2) is 0 Å². The van der Waals surface area contributed by atoms with Crippen LogP contribution in [0.4, 0.5) is 0 Å². The van der Waals surface area contributed by atoms with Crippen molar-refractivity contribution in [2.45, 2.75) is 27.2 Å². The van der Waals surface area contributed by atoms with Crippen molar-refractivity contribution in [1.29, 1.82) is 0 Å². The third kappa shape index (κ3) is 3.29. The molecule has 0 spiro atoms. The first-order chi connectivity index (χ1) is 4.57. The molecular formula is C9H14O. The fourth-order valence-electron chi connectivity index (χ4n) is 0.797. The van der Waals surface area contributed by atoms with E-state index in [9.17, 15) is 4.79 Å². The third-order valence-electron chi connectivity index (χ3n) is 1.53. The molecule has 0 aromatic heterocycles. The second-order valence-electron chi connectivity index (χ2n) is 2.92. The van der Waals surface area contributed by atoms with Crippen LogP contribution in [0.25, 0.3) is 0 Å².